The molecule has 2 N–H and O–H groups in total. The number of benzene rings is 1. The van der Waals surface area contributed by atoms with Gasteiger partial charge in [-0.3, -0.25) is 0 Å². The van der Waals surface area contributed by atoms with Crippen molar-refractivity contribution >= 4 is 22.5 Å². The summed E-state index contributed by atoms with van der Waals surface area (Å²) >= 11 is 0. The van der Waals surface area contributed by atoms with Crippen LogP contribution in [0.3, 0.4) is 0 Å². The fourth-order valence-electron chi connectivity index (χ4n) is 2.22. The van der Waals surface area contributed by atoms with E-state index in [2.05, 4.69) is 20.3 Å². The SMILES string of the molecule is COc1ccc(Nc2ncnc3[nH]c(C)cc23)cc1OC. The van der Waals surface area contributed by atoms with Gasteiger partial charge in [0.25, 0.3) is 0 Å². The molecule has 0 saturated heterocycles. The van der Waals surface area contributed by atoms with E-state index in [1.807, 2.05) is 31.2 Å². The molecule has 0 aliphatic heterocycles. The standard InChI is InChI=1S/C15H16N4O2/c1-9-6-11-14(18-9)16-8-17-15(11)19-10-4-5-12(20-2)13(7-10)21-3/h4-8H,1-3H3,(H2,16,17,18,19). The summed E-state index contributed by atoms with van der Waals surface area (Å²) in [6, 6.07) is 7.64. The van der Waals surface area contributed by atoms with Crippen molar-refractivity contribution in [1.29, 1.82) is 0 Å². The topological polar surface area (TPSA) is 72.1 Å². The minimum atomic E-state index is 0.665. The van der Waals surface area contributed by atoms with Gasteiger partial charge in [0, 0.05) is 17.4 Å². The summed E-state index contributed by atoms with van der Waals surface area (Å²) in [5, 5.41) is 4.23. The Balaban J connectivity index is 1.98. The lowest BCUT2D eigenvalue weighted by Gasteiger charge is -2.11. The van der Waals surface area contributed by atoms with Crippen molar-refractivity contribution in [1.82, 2.24) is 15.0 Å². The average molecular weight is 284 g/mol. The first-order valence-corrected chi connectivity index (χ1v) is 6.50. The number of rotatable bonds is 4. The quantitative estimate of drug-likeness (QED) is 0.770. The second kappa shape index (κ2) is 5.32. The largest absolute Gasteiger partial charge is 0.493 e. The molecule has 1 aromatic carbocycles. The lowest BCUT2D eigenvalue weighted by Crippen LogP contribution is -1.97. The molecule has 3 aromatic rings. The molecule has 0 radical (unpaired) electrons. The number of nitrogens with zero attached hydrogens (tertiary/aromatic N) is 2. The third-order valence-corrected chi connectivity index (χ3v) is 3.21. The number of aromatic nitrogens is 3. The summed E-state index contributed by atoms with van der Waals surface area (Å²) < 4.78 is 10.5. The van der Waals surface area contributed by atoms with Gasteiger partial charge in [-0.1, -0.05) is 0 Å². The average Bonchev–Trinajstić information content (AvgIpc) is 2.88. The molecular formula is C15H16N4O2. The van der Waals surface area contributed by atoms with E-state index < -0.39 is 0 Å². The molecule has 6 heteroatoms. The molecule has 0 amide bonds. The Morgan fingerprint density at radius 1 is 1.05 bits per heavy atom. The zero-order chi connectivity index (χ0) is 14.8. The summed E-state index contributed by atoms with van der Waals surface area (Å²) in [7, 11) is 3.22. The van der Waals surface area contributed by atoms with Gasteiger partial charge in [0.05, 0.1) is 19.6 Å². The minimum absolute atomic E-state index is 0.665. The molecule has 2 heterocycles. The summed E-state index contributed by atoms with van der Waals surface area (Å²) in [4.78, 5) is 11.7. The maximum absolute atomic E-state index is 5.30. The molecule has 0 spiro atoms. The highest BCUT2D eigenvalue weighted by Crippen LogP contribution is 2.32. The predicted molar refractivity (Wildman–Crippen MR) is 81.5 cm³/mol. The maximum atomic E-state index is 5.30. The molecule has 0 aliphatic carbocycles. The second-order valence-electron chi connectivity index (χ2n) is 4.63. The summed E-state index contributed by atoms with van der Waals surface area (Å²) in [6.45, 7) is 1.99. The molecule has 0 atom stereocenters. The van der Waals surface area contributed by atoms with Crippen LogP contribution in [0, 0.1) is 6.92 Å². The highest BCUT2D eigenvalue weighted by molar-refractivity contribution is 5.89. The Hall–Kier alpha value is -2.76. The molecule has 21 heavy (non-hydrogen) atoms. The fraction of sp³-hybridized carbons (Fsp3) is 0.200. The summed E-state index contributed by atoms with van der Waals surface area (Å²) in [6.07, 6.45) is 1.53. The number of anilines is 2. The van der Waals surface area contributed by atoms with Crippen LogP contribution in [0.4, 0.5) is 11.5 Å². The number of nitrogens with one attached hydrogen (secondary N) is 2. The van der Waals surface area contributed by atoms with Gasteiger partial charge in [-0.05, 0) is 25.1 Å². The van der Waals surface area contributed by atoms with Crippen LogP contribution < -0.4 is 14.8 Å². The molecule has 6 nitrogen and oxygen atoms in total. The number of H-pyrrole nitrogens is 1. The fourth-order valence-corrected chi connectivity index (χ4v) is 2.22. The van der Waals surface area contributed by atoms with Crippen LogP contribution in [-0.2, 0) is 0 Å². The highest BCUT2D eigenvalue weighted by Gasteiger charge is 2.09. The molecule has 108 valence electrons. The second-order valence-corrected chi connectivity index (χ2v) is 4.63. The van der Waals surface area contributed by atoms with Crippen LogP contribution in [0.2, 0.25) is 0 Å². The van der Waals surface area contributed by atoms with Gasteiger partial charge in [-0.2, -0.15) is 0 Å². The Morgan fingerprint density at radius 3 is 2.62 bits per heavy atom. The summed E-state index contributed by atoms with van der Waals surface area (Å²) in [5.41, 5.74) is 2.72. The first kappa shape index (κ1) is 13.2. The smallest absolute Gasteiger partial charge is 0.162 e. The molecule has 3 rings (SSSR count). The van der Waals surface area contributed by atoms with E-state index in [0.29, 0.717) is 11.5 Å². The highest BCUT2D eigenvalue weighted by atomic mass is 16.5. The zero-order valence-electron chi connectivity index (χ0n) is 12.1. The Morgan fingerprint density at radius 2 is 1.86 bits per heavy atom. The van der Waals surface area contributed by atoms with E-state index in [1.165, 1.54) is 6.33 Å². The van der Waals surface area contributed by atoms with Gasteiger partial charge in [0.1, 0.15) is 17.8 Å². The molecule has 0 unspecified atom stereocenters. The Labute approximate surface area is 122 Å². The number of ether oxygens (including phenoxy) is 2. The lowest BCUT2D eigenvalue weighted by atomic mass is 10.2. The van der Waals surface area contributed by atoms with E-state index in [1.54, 1.807) is 14.2 Å². The molecule has 0 bridgehead atoms. The minimum Gasteiger partial charge on any atom is -0.493 e. The number of hydrogen-bond donors (Lipinski definition) is 2. The number of fused-ring (bicyclic) bond motifs is 1. The lowest BCUT2D eigenvalue weighted by molar-refractivity contribution is 0.355. The van der Waals surface area contributed by atoms with Crippen LogP contribution in [0.1, 0.15) is 5.69 Å². The third-order valence-electron chi connectivity index (χ3n) is 3.21. The van der Waals surface area contributed by atoms with E-state index >= 15 is 0 Å². The zero-order valence-corrected chi connectivity index (χ0v) is 12.1. The van der Waals surface area contributed by atoms with Gasteiger partial charge in [-0.25, -0.2) is 9.97 Å². The number of methoxy groups -OCH3 is 2. The van der Waals surface area contributed by atoms with Crippen molar-refractivity contribution in [3.05, 3.63) is 36.3 Å². The Kier molecular flexibility index (Phi) is 3.35. The van der Waals surface area contributed by atoms with Crippen molar-refractivity contribution < 1.29 is 9.47 Å². The number of aromatic amines is 1. The molecule has 0 fully saturated rings. The van der Waals surface area contributed by atoms with Crippen molar-refractivity contribution in [3.8, 4) is 11.5 Å². The summed E-state index contributed by atoms with van der Waals surface area (Å²) in [5.74, 6) is 2.10. The first-order chi connectivity index (χ1) is 10.2. The van der Waals surface area contributed by atoms with Crippen molar-refractivity contribution in [2.45, 2.75) is 6.92 Å². The molecule has 2 aromatic heterocycles. The monoisotopic (exact) mass is 284 g/mol. The molecule has 0 aliphatic rings. The van der Waals surface area contributed by atoms with E-state index in [-0.39, 0.29) is 0 Å². The van der Waals surface area contributed by atoms with Gasteiger partial charge in [0.15, 0.2) is 11.5 Å². The van der Waals surface area contributed by atoms with Crippen LogP contribution in [0.15, 0.2) is 30.6 Å². The number of aryl methyl sites for hydroxylation is 1. The van der Waals surface area contributed by atoms with Crippen molar-refractivity contribution in [3.63, 3.8) is 0 Å². The predicted octanol–water partition coefficient (Wildman–Crippen LogP) is 3.03. The van der Waals surface area contributed by atoms with Gasteiger partial charge in [-0.15, -0.1) is 0 Å². The van der Waals surface area contributed by atoms with Gasteiger partial charge >= 0.3 is 0 Å². The van der Waals surface area contributed by atoms with E-state index in [4.69, 9.17) is 9.47 Å². The normalized spacial score (nSPS) is 10.6. The van der Waals surface area contributed by atoms with E-state index in [9.17, 15) is 0 Å². The third kappa shape index (κ3) is 2.47. The molecule has 0 saturated carbocycles. The first-order valence-electron chi connectivity index (χ1n) is 6.50. The van der Waals surface area contributed by atoms with Crippen molar-refractivity contribution in [2.75, 3.05) is 19.5 Å². The molecular weight excluding hydrogens is 268 g/mol. The van der Waals surface area contributed by atoms with Crippen molar-refractivity contribution in [2.24, 2.45) is 0 Å². The van der Waals surface area contributed by atoms with Crippen LogP contribution in [0.25, 0.3) is 11.0 Å². The van der Waals surface area contributed by atoms with Gasteiger partial charge in [0.2, 0.25) is 0 Å². The van der Waals surface area contributed by atoms with Gasteiger partial charge < -0.3 is 19.8 Å². The Bertz CT molecular complexity index is 782. The number of hydrogen-bond acceptors (Lipinski definition) is 5. The van der Waals surface area contributed by atoms with E-state index in [0.717, 1.165) is 28.2 Å². The van der Waals surface area contributed by atoms with Crippen LogP contribution in [0.5, 0.6) is 11.5 Å². The maximum Gasteiger partial charge on any atom is 0.162 e. The van der Waals surface area contributed by atoms with Crippen LogP contribution in [-0.4, -0.2) is 29.2 Å². The van der Waals surface area contributed by atoms with Crippen LogP contribution >= 0.6 is 0 Å².